The Morgan fingerprint density at radius 1 is 1.28 bits per heavy atom. The van der Waals surface area contributed by atoms with E-state index in [9.17, 15) is 22.8 Å². The molecule has 1 heterocycles. The van der Waals surface area contributed by atoms with Gasteiger partial charge in [0.05, 0.1) is 12.1 Å². The Bertz CT molecular complexity index is 899. The van der Waals surface area contributed by atoms with Gasteiger partial charge in [-0.2, -0.15) is 13.2 Å². The Hall–Kier alpha value is -2.59. The van der Waals surface area contributed by atoms with Gasteiger partial charge in [0, 0.05) is 18.0 Å². The highest BCUT2D eigenvalue weighted by Gasteiger charge is 2.32. The summed E-state index contributed by atoms with van der Waals surface area (Å²) >= 11 is 6.16. The van der Waals surface area contributed by atoms with E-state index in [1.165, 1.54) is 12.1 Å². The maximum absolute atomic E-state index is 12.7. The molecule has 1 fully saturated rings. The van der Waals surface area contributed by atoms with Gasteiger partial charge in [0.2, 0.25) is 0 Å². The Balaban J connectivity index is 1.66. The average molecular weight is 432 g/mol. The van der Waals surface area contributed by atoms with Crippen LogP contribution in [0.5, 0.6) is 0 Å². The van der Waals surface area contributed by atoms with Gasteiger partial charge >= 0.3 is 12.1 Å². The van der Waals surface area contributed by atoms with E-state index in [1.807, 2.05) is 0 Å². The van der Waals surface area contributed by atoms with Crippen molar-refractivity contribution in [3.8, 4) is 11.3 Å². The molecule has 0 bridgehead atoms. The standard InChI is InChI=1S/C18H17ClF3N3O4/c19-14-15(17(27)24-11-5-6-12(7-11)28-13(26)8-23)25-29-16(14)9-1-3-10(4-2-9)18(20,21)22/h1-4,11-12H,5-8,23H2,(H,24,27)/t11-,12+/m1/s1. The van der Waals surface area contributed by atoms with E-state index in [2.05, 4.69) is 10.5 Å². The highest BCUT2D eigenvalue weighted by Crippen LogP contribution is 2.34. The first-order valence-corrected chi connectivity index (χ1v) is 9.10. The number of hydrogen-bond donors (Lipinski definition) is 2. The molecule has 0 radical (unpaired) electrons. The molecule has 11 heteroatoms. The monoisotopic (exact) mass is 431 g/mol. The van der Waals surface area contributed by atoms with Gasteiger partial charge in [0.1, 0.15) is 11.1 Å². The SMILES string of the molecule is NCC(=O)O[C@H]1CC[C@@H](NC(=O)c2noc(-c3ccc(C(F)(F)F)cc3)c2Cl)C1. The lowest BCUT2D eigenvalue weighted by Gasteiger charge is -2.13. The van der Waals surface area contributed by atoms with Gasteiger partial charge in [-0.25, -0.2) is 0 Å². The molecule has 1 aromatic carbocycles. The van der Waals surface area contributed by atoms with Gasteiger partial charge in [0.15, 0.2) is 11.5 Å². The number of nitrogens with zero attached hydrogens (tertiary/aromatic N) is 1. The summed E-state index contributed by atoms with van der Waals surface area (Å²) in [5.41, 5.74) is 4.46. The number of amides is 1. The molecule has 1 saturated carbocycles. The van der Waals surface area contributed by atoms with Crippen molar-refractivity contribution in [2.45, 2.75) is 37.6 Å². The topological polar surface area (TPSA) is 107 Å². The molecular weight excluding hydrogens is 415 g/mol. The summed E-state index contributed by atoms with van der Waals surface area (Å²) in [5, 5.41) is 6.27. The predicted octanol–water partition coefficient (Wildman–Crippen LogP) is 3.17. The molecule has 3 N–H and O–H groups in total. The number of esters is 1. The lowest BCUT2D eigenvalue weighted by atomic mass is 10.1. The van der Waals surface area contributed by atoms with E-state index >= 15 is 0 Å². The van der Waals surface area contributed by atoms with Crippen LogP contribution in [0.15, 0.2) is 28.8 Å². The molecule has 1 amide bonds. The molecule has 2 aromatic rings. The summed E-state index contributed by atoms with van der Waals surface area (Å²) in [6, 6.07) is 3.89. The Kier molecular flexibility index (Phi) is 6.13. The minimum Gasteiger partial charge on any atom is -0.461 e. The lowest BCUT2D eigenvalue weighted by molar-refractivity contribution is -0.147. The van der Waals surface area contributed by atoms with Gasteiger partial charge in [-0.1, -0.05) is 28.9 Å². The van der Waals surface area contributed by atoms with Crippen molar-refractivity contribution in [2.75, 3.05) is 6.54 Å². The third-order valence-corrected chi connectivity index (χ3v) is 4.86. The molecule has 0 aliphatic heterocycles. The lowest BCUT2D eigenvalue weighted by Crippen LogP contribution is -2.34. The average Bonchev–Trinajstić information content (AvgIpc) is 3.27. The number of aromatic nitrogens is 1. The van der Waals surface area contributed by atoms with Crippen molar-refractivity contribution in [1.29, 1.82) is 0 Å². The summed E-state index contributed by atoms with van der Waals surface area (Å²) in [4.78, 5) is 23.7. The molecule has 1 aliphatic carbocycles. The first-order chi connectivity index (χ1) is 13.7. The van der Waals surface area contributed by atoms with Crippen molar-refractivity contribution >= 4 is 23.5 Å². The summed E-state index contributed by atoms with van der Waals surface area (Å²) in [6.07, 6.45) is -3.19. The molecule has 1 aliphatic rings. The van der Waals surface area contributed by atoms with Gasteiger partial charge in [-0.05, 0) is 25.0 Å². The minimum atomic E-state index is -4.47. The smallest absolute Gasteiger partial charge is 0.416 e. The van der Waals surface area contributed by atoms with E-state index in [4.69, 9.17) is 26.6 Å². The number of benzene rings is 1. The summed E-state index contributed by atoms with van der Waals surface area (Å²) in [5.74, 6) is -1.11. The highest BCUT2D eigenvalue weighted by molar-refractivity contribution is 6.35. The third-order valence-electron chi connectivity index (χ3n) is 4.51. The van der Waals surface area contributed by atoms with E-state index < -0.39 is 23.6 Å². The maximum Gasteiger partial charge on any atom is 0.416 e. The number of nitrogens with two attached hydrogens (primary N) is 1. The Morgan fingerprint density at radius 3 is 2.59 bits per heavy atom. The van der Waals surface area contributed by atoms with Crippen LogP contribution in [0.25, 0.3) is 11.3 Å². The van der Waals surface area contributed by atoms with E-state index in [0.29, 0.717) is 19.3 Å². The second kappa shape index (κ2) is 8.42. The van der Waals surface area contributed by atoms with Crippen molar-refractivity contribution in [2.24, 2.45) is 5.73 Å². The number of alkyl halides is 3. The molecule has 7 nitrogen and oxygen atoms in total. The van der Waals surface area contributed by atoms with Crippen LogP contribution in [0, 0.1) is 0 Å². The number of halogens is 4. The van der Waals surface area contributed by atoms with Crippen LogP contribution >= 0.6 is 11.6 Å². The Labute approximate surface area is 168 Å². The first-order valence-electron chi connectivity index (χ1n) is 8.72. The van der Waals surface area contributed by atoms with E-state index in [0.717, 1.165) is 12.1 Å². The fourth-order valence-corrected chi connectivity index (χ4v) is 3.34. The number of hydrogen-bond acceptors (Lipinski definition) is 6. The van der Waals surface area contributed by atoms with Crippen LogP contribution in [0.2, 0.25) is 5.02 Å². The molecule has 0 saturated heterocycles. The van der Waals surface area contributed by atoms with Crippen LogP contribution in [0.3, 0.4) is 0 Å². The second-order valence-electron chi connectivity index (χ2n) is 6.55. The van der Waals surface area contributed by atoms with Gasteiger partial charge in [-0.3, -0.25) is 9.59 Å². The number of rotatable bonds is 5. The van der Waals surface area contributed by atoms with E-state index in [1.54, 1.807) is 0 Å². The molecule has 0 spiro atoms. The minimum absolute atomic E-state index is 0.00767. The number of ether oxygens (including phenoxy) is 1. The molecule has 1 aromatic heterocycles. The van der Waals surface area contributed by atoms with Crippen molar-refractivity contribution in [3.05, 3.63) is 40.5 Å². The van der Waals surface area contributed by atoms with Gasteiger partial charge in [0.25, 0.3) is 5.91 Å². The molecule has 29 heavy (non-hydrogen) atoms. The van der Waals surface area contributed by atoms with Gasteiger partial charge in [-0.15, -0.1) is 0 Å². The third kappa shape index (κ3) is 4.88. The van der Waals surface area contributed by atoms with Crippen LogP contribution in [-0.4, -0.2) is 35.7 Å². The number of nitrogens with one attached hydrogen (secondary N) is 1. The zero-order chi connectivity index (χ0) is 21.2. The van der Waals surface area contributed by atoms with Crippen LogP contribution in [-0.2, 0) is 15.7 Å². The van der Waals surface area contributed by atoms with Crippen molar-refractivity contribution < 1.29 is 32.0 Å². The molecule has 156 valence electrons. The van der Waals surface area contributed by atoms with Crippen molar-refractivity contribution in [3.63, 3.8) is 0 Å². The largest absolute Gasteiger partial charge is 0.461 e. The summed E-state index contributed by atoms with van der Waals surface area (Å²) in [6.45, 7) is -0.213. The fourth-order valence-electron chi connectivity index (χ4n) is 3.08. The van der Waals surface area contributed by atoms with E-state index in [-0.39, 0.29) is 40.7 Å². The fraction of sp³-hybridized carbons (Fsp3) is 0.389. The number of carbonyl (C=O) groups is 2. The normalized spacial score (nSPS) is 19.2. The molecule has 0 unspecified atom stereocenters. The summed E-state index contributed by atoms with van der Waals surface area (Å²) < 4.78 is 48.2. The first kappa shape index (κ1) is 21.1. The zero-order valence-electron chi connectivity index (χ0n) is 15.0. The van der Waals surface area contributed by atoms with Crippen LogP contribution in [0.1, 0.15) is 35.3 Å². The Morgan fingerprint density at radius 2 is 1.97 bits per heavy atom. The summed E-state index contributed by atoms with van der Waals surface area (Å²) in [7, 11) is 0. The molecule has 3 rings (SSSR count). The second-order valence-corrected chi connectivity index (χ2v) is 6.93. The highest BCUT2D eigenvalue weighted by atomic mass is 35.5. The molecular formula is C18H17ClF3N3O4. The predicted molar refractivity (Wildman–Crippen MR) is 96.0 cm³/mol. The van der Waals surface area contributed by atoms with Crippen molar-refractivity contribution in [1.82, 2.24) is 10.5 Å². The zero-order valence-corrected chi connectivity index (χ0v) is 15.7. The van der Waals surface area contributed by atoms with Crippen LogP contribution in [0.4, 0.5) is 13.2 Å². The van der Waals surface area contributed by atoms with Crippen LogP contribution < -0.4 is 11.1 Å². The van der Waals surface area contributed by atoms with Gasteiger partial charge < -0.3 is 20.3 Å². The molecule has 2 atom stereocenters. The number of carbonyl (C=O) groups excluding carboxylic acids is 2. The maximum atomic E-state index is 12.7. The quantitative estimate of drug-likeness (QED) is 0.704.